The van der Waals surface area contributed by atoms with E-state index >= 15 is 0 Å². The van der Waals surface area contributed by atoms with Gasteiger partial charge >= 0.3 is 0 Å². The largest absolute Gasteiger partial charge is 0.298 e. The van der Waals surface area contributed by atoms with Gasteiger partial charge in [-0.1, -0.05) is 34.1 Å². The van der Waals surface area contributed by atoms with Gasteiger partial charge in [-0.3, -0.25) is 4.79 Å². The van der Waals surface area contributed by atoms with Crippen molar-refractivity contribution in [3.8, 4) is 6.07 Å². The van der Waals surface area contributed by atoms with Gasteiger partial charge in [-0.25, -0.2) is 0 Å². The Labute approximate surface area is 85.3 Å². The lowest BCUT2D eigenvalue weighted by atomic mass is 10.0. The molecule has 13 heavy (non-hydrogen) atoms. The third-order valence-electron chi connectivity index (χ3n) is 1.67. The van der Waals surface area contributed by atoms with E-state index in [4.69, 9.17) is 5.26 Å². The lowest BCUT2D eigenvalue weighted by molar-refractivity contribution is -0.115. The van der Waals surface area contributed by atoms with Crippen LogP contribution in [0.25, 0.3) is 0 Å². The van der Waals surface area contributed by atoms with Crippen molar-refractivity contribution in [1.29, 1.82) is 5.26 Å². The fraction of sp³-hybridized carbons (Fsp3) is 0.200. The highest BCUT2D eigenvalue weighted by Crippen LogP contribution is 2.08. The molecule has 0 aliphatic carbocycles. The molecule has 1 aromatic carbocycles. The summed E-state index contributed by atoms with van der Waals surface area (Å²) in [7, 11) is 0. The van der Waals surface area contributed by atoms with Crippen molar-refractivity contribution < 1.29 is 4.79 Å². The summed E-state index contributed by atoms with van der Waals surface area (Å²) in [6, 6.07) is 9.20. The molecular formula is C10H8BrNO. The summed E-state index contributed by atoms with van der Waals surface area (Å²) in [5.41, 5.74) is 1.38. The molecule has 0 bridgehead atoms. The van der Waals surface area contributed by atoms with Gasteiger partial charge in [0.1, 0.15) is 5.78 Å². The van der Waals surface area contributed by atoms with Crippen LogP contribution in [-0.4, -0.2) is 11.1 Å². The summed E-state index contributed by atoms with van der Waals surface area (Å²) >= 11 is 3.09. The normalized spacial score (nSPS) is 9.23. The van der Waals surface area contributed by atoms with E-state index in [1.807, 2.05) is 6.07 Å². The molecule has 3 heteroatoms. The smallest absolute Gasteiger partial charge is 0.147 e. The molecule has 0 unspecified atom stereocenters. The first kappa shape index (κ1) is 9.94. The van der Waals surface area contributed by atoms with Crippen molar-refractivity contribution in [3.63, 3.8) is 0 Å². The second-order valence-corrected chi connectivity index (χ2v) is 3.18. The van der Waals surface area contributed by atoms with Crippen LogP contribution in [0, 0.1) is 11.3 Å². The van der Waals surface area contributed by atoms with E-state index in [-0.39, 0.29) is 5.78 Å². The fourth-order valence-corrected chi connectivity index (χ4v) is 1.24. The molecule has 66 valence electrons. The predicted molar refractivity (Wildman–Crippen MR) is 53.7 cm³/mol. The van der Waals surface area contributed by atoms with Crippen LogP contribution in [-0.2, 0) is 11.2 Å². The van der Waals surface area contributed by atoms with E-state index < -0.39 is 0 Å². The molecule has 0 aliphatic heterocycles. The van der Waals surface area contributed by atoms with Crippen molar-refractivity contribution in [1.82, 2.24) is 0 Å². The number of benzene rings is 1. The third-order valence-corrected chi connectivity index (χ3v) is 2.30. The standard InChI is InChI=1S/C10H8BrNO/c11-6-10(13)5-8-3-1-2-4-9(8)7-12/h1-4H,5-6H2. The quantitative estimate of drug-likeness (QED) is 0.756. The van der Waals surface area contributed by atoms with Crippen LogP contribution in [0.15, 0.2) is 24.3 Å². The van der Waals surface area contributed by atoms with Gasteiger partial charge < -0.3 is 0 Å². The van der Waals surface area contributed by atoms with Crippen molar-refractivity contribution in [3.05, 3.63) is 35.4 Å². The van der Waals surface area contributed by atoms with Gasteiger partial charge in [0.05, 0.1) is 17.0 Å². The molecule has 1 rings (SSSR count). The van der Waals surface area contributed by atoms with Crippen LogP contribution < -0.4 is 0 Å². The number of hydrogen-bond acceptors (Lipinski definition) is 2. The SMILES string of the molecule is N#Cc1ccccc1CC(=O)CBr. The van der Waals surface area contributed by atoms with Crippen LogP contribution >= 0.6 is 15.9 Å². The number of rotatable bonds is 3. The summed E-state index contributed by atoms with van der Waals surface area (Å²) in [5.74, 6) is 0.0858. The van der Waals surface area contributed by atoms with Crippen LogP contribution in [0.3, 0.4) is 0 Å². The fourth-order valence-electron chi connectivity index (χ4n) is 1.04. The highest BCUT2D eigenvalue weighted by molar-refractivity contribution is 9.09. The molecule has 0 N–H and O–H groups in total. The molecule has 0 spiro atoms. The zero-order valence-corrected chi connectivity index (χ0v) is 8.54. The first-order chi connectivity index (χ1) is 6.27. The highest BCUT2D eigenvalue weighted by Gasteiger charge is 2.05. The molecule has 0 aliphatic rings. The van der Waals surface area contributed by atoms with E-state index in [1.54, 1.807) is 18.2 Å². The van der Waals surface area contributed by atoms with Gasteiger partial charge in [-0.2, -0.15) is 5.26 Å². The maximum Gasteiger partial charge on any atom is 0.147 e. The monoisotopic (exact) mass is 237 g/mol. The Morgan fingerprint density at radius 2 is 2.15 bits per heavy atom. The second-order valence-electron chi connectivity index (χ2n) is 2.62. The maximum absolute atomic E-state index is 11.1. The summed E-state index contributed by atoms with van der Waals surface area (Å²) in [6.45, 7) is 0. The van der Waals surface area contributed by atoms with Gasteiger partial charge in [0, 0.05) is 6.42 Å². The molecule has 2 nitrogen and oxygen atoms in total. The minimum Gasteiger partial charge on any atom is -0.298 e. The third kappa shape index (κ3) is 2.67. The summed E-state index contributed by atoms with van der Waals surface area (Å²) in [6.07, 6.45) is 0.328. The first-order valence-electron chi connectivity index (χ1n) is 3.83. The number of carbonyl (C=O) groups excluding carboxylic acids is 1. The number of alkyl halides is 1. The zero-order valence-electron chi connectivity index (χ0n) is 6.96. The lowest BCUT2D eigenvalue weighted by Crippen LogP contribution is -2.04. The first-order valence-corrected chi connectivity index (χ1v) is 4.95. The summed E-state index contributed by atoms with van der Waals surface area (Å²) < 4.78 is 0. The minimum atomic E-state index is 0.0858. The molecule has 0 heterocycles. The molecule has 0 fully saturated rings. The summed E-state index contributed by atoms with van der Waals surface area (Å²) in [5, 5.41) is 9.07. The van der Waals surface area contributed by atoms with Crippen LogP contribution in [0.5, 0.6) is 0 Å². The van der Waals surface area contributed by atoms with Crippen LogP contribution in [0.2, 0.25) is 0 Å². The molecule has 0 atom stereocenters. The van der Waals surface area contributed by atoms with E-state index in [9.17, 15) is 4.79 Å². The molecule has 0 aromatic heterocycles. The Kier molecular flexibility index (Phi) is 3.66. The Bertz CT molecular complexity index is 354. The van der Waals surface area contributed by atoms with E-state index in [0.29, 0.717) is 17.3 Å². The molecule has 1 aromatic rings. The maximum atomic E-state index is 11.1. The number of nitriles is 1. The van der Waals surface area contributed by atoms with E-state index in [1.165, 1.54) is 0 Å². The minimum absolute atomic E-state index is 0.0858. The van der Waals surface area contributed by atoms with Crippen molar-refractivity contribution >= 4 is 21.7 Å². The molecule has 0 amide bonds. The van der Waals surface area contributed by atoms with Gasteiger partial charge in [0.2, 0.25) is 0 Å². The molecule has 0 radical (unpaired) electrons. The van der Waals surface area contributed by atoms with Crippen molar-refractivity contribution in [2.24, 2.45) is 0 Å². The number of nitrogens with zero attached hydrogens (tertiary/aromatic N) is 1. The summed E-state index contributed by atoms with van der Waals surface area (Å²) in [4.78, 5) is 11.1. The Morgan fingerprint density at radius 3 is 2.77 bits per heavy atom. The van der Waals surface area contributed by atoms with Crippen molar-refractivity contribution in [2.45, 2.75) is 6.42 Å². The topological polar surface area (TPSA) is 40.9 Å². The average molecular weight is 238 g/mol. The number of Topliss-reactive ketones (excluding diaryl/α,β-unsaturated/α-hetero) is 1. The van der Waals surface area contributed by atoms with Gasteiger partial charge in [-0.15, -0.1) is 0 Å². The molecule has 0 saturated heterocycles. The van der Waals surface area contributed by atoms with Gasteiger partial charge in [-0.05, 0) is 11.6 Å². The Balaban J connectivity index is 2.89. The van der Waals surface area contributed by atoms with Crippen LogP contribution in [0.4, 0.5) is 0 Å². The molecule has 0 saturated carbocycles. The van der Waals surface area contributed by atoms with E-state index in [0.717, 1.165) is 5.56 Å². The predicted octanol–water partition coefficient (Wildman–Crippen LogP) is 2.06. The number of carbonyl (C=O) groups is 1. The highest BCUT2D eigenvalue weighted by atomic mass is 79.9. The van der Waals surface area contributed by atoms with Gasteiger partial charge in [0.15, 0.2) is 0 Å². The molecular weight excluding hydrogens is 230 g/mol. The number of hydrogen-bond donors (Lipinski definition) is 0. The number of halogens is 1. The van der Waals surface area contributed by atoms with Crippen molar-refractivity contribution in [2.75, 3.05) is 5.33 Å². The number of ketones is 1. The zero-order chi connectivity index (χ0) is 9.68. The lowest BCUT2D eigenvalue weighted by Gasteiger charge is -2.00. The van der Waals surface area contributed by atoms with E-state index in [2.05, 4.69) is 22.0 Å². The van der Waals surface area contributed by atoms with Crippen LogP contribution in [0.1, 0.15) is 11.1 Å². The Hall–Kier alpha value is -1.14. The second kappa shape index (κ2) is 4.78. The average Bonchev–Trinajstić information content (AvgIpc) is 2.18. The van der Waals surface area contributed by atoms with Gasteiger partial charge in [0.25, 0.3) is 0 Å². The Morgan fingerprint density at radius 1 is 1.46 bits per heavy atom.